The molecule has 220 valence electrons. The highest BCUT2D eigenvalue weighted by molar-refractivity contribution is 5.95. The van der Waals surface area contributed by atoms with Gasteiger partial charge in [-0.2, -0.15) is 4.99 Å². The highest BCUT2D eigenvalue weighted by Gasteiger charge is 2.41. The molecule has 2 aromatic heterocycles. The van der Waals surface area contributed by atoms with Crippen molar-refractivity contribution in [2.45, 2.75) is 76.5 Å². The highest BCUT2D eigenvalue weighted by atomic mass is 19.1. The fraction of sp³-hybridized carbons (Fsp3) is 0.533. The summed E-state index contributed by atoms with van der Waals surface area (Å²) < 4.78 is 21.4. The van der Waals surface area contributed by atoms with Gasteiger partial charge in [0.1, 0.15) is 18.0 Å². The van der Waals surface area contributed by atoms with Crippen molar-refractivity contribution in [3.05, 3.63) is 53.5 Å². The first-order valence-electron chi connectivity index (χ1n) is 14.6. The van der Waals surface area contributed by atoms with Gasteiger partial charge in [0.25, 0.3) is 11.8 Å². The quantitative estimate of drug-likeness (QED) is 0.384. The van der Waals surface area contributed by atoms with Crippen molar-refractivity contribution in [1.82, 2.24) is 24.8 Å². The smallest absolute Gasteiger partial charge is 0.280 e. The molecule has 3 aromatic rings. The minimum atomic E-state index is -1.45. The number of aromatic amines is 1. The Morgan fingerprint density at radius 1 is 1.20 bits per heavy atom. The fourth-order valence-corrected chi connectivity index (χ4v) is 5.72. The maximum Gasteiger partial charge on any atom is 0.280 e. The largest absolute Gasteiger partial charge is 0.476 e. The van der Waals surface area contributed by atoms with E-state index in [0.717, 1.165) is 25.2 Å². The Kier molecular flexibility index (Phi) is 8.84. The number of fused-ring (bicyclic) bond motifs is 1. The van der Waals surface area contributed by atoms with Crippen LogP contribution < -0.4 is 15.7 Å². The van der Waals surface area contributed by atoms with Crippen LogP contribution in [-0.2, 0) is 4.79 Å². The van der Waals surface area contributed by atoms with Crippen molar-refractivity contribution in [2.75, 3.05) is 26.2 Å². The number of carbonyl (C=O) groups excluding carboxylic acids is 2. The van der Waals surface area contributed by atoms with Gasteiger partial charge in [-0.1, -0.05) is 6.42 Å². The van der Waals surface area contributed by atoms with Crippen LogP contribution in [0.2, 0.25) is 0 Å². The topological polar surface area (TPSA) is 125 Å². The Morgan fingerprint density at radius 3 is 2.59 bits per heavy atom. The number of benzene rings is 1. The summed E-state index contributed by atoms with van der Waals surface area (Å²) in [5.41, 5.74) is 0.584. The third-order valence-electron chi connectivity index (χ3n) is 7.99. The van der Waals surface area contributed by atoms with Gasteiger partial charge in [0.05, 0.1) is 17.2 Å². The molecule has 1 saturated heterocycles. The Bertz CT molecular complexity index is 1430. The number of halogens is 1. The number of nitrogens with one attached hydrogen (secondary N) is 2. The van der Waals surface area contributed by atoms with Gasteiger partial charge >= 0.3 is 0 Å². The summed E-state index contributed by atoms with van der Waals surface area (Å²) in [5, 5.41) is 13.9. The lowest BCUT2D eigenvalue weighted by Crippen LogP contribution is -2.51. The van der Waals surface area contributed by atoms with E-state index in [1.165, 1.54) is 43.5 Å². The Morgan fingerprint density at radius 2 is 1.90 bits per heavy atom. The molecular formula is C30H39FN6O4. The molecule has 2 aliphatic rings. The number of aliphatic hydroxyl groups is 1. The number of nitrogens with zero attached hydrogens (tertiary/aromatic N) is 4. The van der Waals surface area contributed by atoms with Crippen molar-refractivity contribution in [2.24, 2.45) is 4.99 Å². The lowest BCUT2D eigenvalue weighted by Gasteiger charge is -2.36. The number of H-pyrrole nitrogens is 1. The van der Waals surface area contributed by atoms with Gasteiger partial charge in [-0.3, -0.25) is 14.5 Å². The van der Waals surface area contributed by atoms with Gasteiger partial charge in [0, 0.05) is 30.3 Å². The molecule has 1 aromatic carbocycles. The first-order chi connectivity index (χ1) is 19.7. The second-order valence-corrected chi connectivity index (χ2v) is 11.4. The minimum Gasteiger partial charge on any atom is -0.476 e. The molecule has 3 N–H and O–H groups in total. The summed E-state index contributed by atoms with van der Waals surface area (Å²) in [6.07, 6.45) is 6.91. The normalized spacial score (nSPS) is 22.3. The van der Waals surface area contributed by atoms with E-state index >= 15 is 0 Å². The third-order valence-corrected chi connectivity index (χ3v) is 7.99. The van der Waals surface area contributed by atoms with Gasteiger partial charge in [-0.25, -0.2) is 9.37 Å². The molecule has 0 spiro atoms. The van der Waals surface area contributed by atoms with Crippen LogP contribution in [0, 0.1) is 5.82 Å². The van der Waals surface area contributed by atoms with Crippen LogP contribution in [0.15, 0.2) is 41.5 Å². The number of amides is 2. The van der Waals surface area contributed by atoms with Crippen molar-refractivity contribution in [3.8, 4) is 5.88 Å². The molecule has 2 amide bonds. The van der Waals surface area contributed by atoms with E-state index in [-0.39, 0.29) is 36.4 Å². The summed E-state index contributed by atoms with van der Waals surface area (Å²) in [7, 11) is 0. The molecular weight excluding hydrogens is 527 g/mol. The number of hydrogen-bond donors (Lipinski definition) is 3. The number of aromatic nitrogens is 3. The summed E-state index contributed by atoms with van der Waals surface area (Å²) in [5.74, 6) is -0.834. The Labute approximate surface area is 238 Å². The molecule has 1 aliphatic heterocycles. The van der Waals surface area contributed by atoms with Crippen LogP contribution in [0.4, 0.5) is 4.39 Å². The first kappa shape index (κ1) is 28.9. The molecule has 1 aliphatic carbocycles. The Balaban J connectivity index is 1.43. The predicted molar refractivity (Wildman–Crippen MR) is 152 cm³/mol. The molecule has 11 heteroatoms. The average molecular weight is 567 g/mol. The van der Waals surface area contributed by atoms with E-state index in [2.05, 4.69) is 25.2 Å². The van der Waals surface area contributed by atoms with E-state index in [1.54, 1.807) is 6.20 Å². The lowest BCUT2D eigenvalue weighted by atomic mass is 9.81. The zero-order chi connectivity index (χ0) is 29.0. The number of piperidine rings is 1. The summed E-state index contributed by atoms with van der Waals surface area (Å²) in [6, 6.07) is 6.88. The van der Waals surface area contributed by atoms with E-state index in [4.69, 9.17) is 4.74 Å². The molecule has 0 atom stereocenters. The van der Waals surface area contributed by atoms with Gasteiger partial charge < -0.3 is 24.7 Å². The number of pyridine rings is 1. The highest BCUT2D eigenvalue weighted by Crippen LogP contribution is 2.36. The molecule has 1 saturated carbocycles. The van der Waals surface area contributed by atoms with Crippen LogP contribution in [0.1, 0.15) is 75.2 Å². The maximum atomic E-state index is 13.4. The van der Waals surface area contributed by atoms with Gasteiger partial charge in [0.15, 0.2) is 0 Å². The SMILES string of the molecule is CC(C)NC(=O)[C@]1(O)CC[C@@H](n2/c(=N/C(=O)c3ccc(F)cc3)[nH]c3cnc(OCCN4CCCCC4)cc32)CC1. The van der Waals surface area contributed by atoms with Crippen LogP contribution in [-0.4, -0.2) is 74.2 Å². The number of hydrogen-bond acceptors (Lipinski definition) is 6. The maximum absolute atomic E-state index is 13.4. The molecule has 0 bridgehead atoms. The minimum absolute atomic E-state index is 0.0732. The van der Waals surface area contributed by atoms with Crippen molar-refractivity contribution >= 4 is 22.8 Å². The molecule has 5 rings (SSSR count). The van der Waals surface area contributed by atoms with Crippen molar-refractivity contribution in [1.29, 1.82) is 0 Å². The van der Waals surface area contributed by atoms with Gasteiger partial charge in [-0.05, 0) is 89.7 Å². The number of carbonyl (C=O) groups is 2. The summed E-state index contributed by atoms with van der Waals surface area (Å²) in [6.45, 7) is 7.25. The molecule has 10 nitrogen and oxygen atoms in total. The van der Waals surface area contributed by atoms with Crippen molar-refractivity contribution in [3.63, 3.8) is 0 Å². The van der Waals surface area contributed by atoms with E-state index in [9.17, 15) is 19.1 Å². The van der Waals surface area contributed by atoms with E-state index in [1.807, 2.05) is 24.5 Å². The van der Waals surface area contributed by atoms with Crippen molar-refractivity contribution < 1.29 is 23.8 Å². The number of likely N-dealkylation sites (tertiary alicyclic amines) is 1. The van der Waals surface area contributed by atoms with E-state index < -0.39 is 17.3 Å². The molecule has 41 heavy (non-hydrogen) atoms. The van der Waals surface area contributed by atoms with Crippen LogP contribution in [0.25, 0.3) is 11.0 Å². The molecule has 0 unspecified atom stereocenters. The monoisotopic (exact) mass is 566 g/mol. The predicted octanol–water partition coefficient (Wildman–Crippen LogP) is 3.48. The number of rotatable bonds is 8. The number of imidazole rings is 1. The second-order valence-electron chi connectivity index (χ2n) is 11.4. The second kappa shape index (κ2) is 12.5. The van der Waals surface area contributed by atoms with E-state index in [0.29, 0.717) is 36.5 Å². The third kappa shape index (κ3) is 6.84. The number of ether oxygens (including phenoxy) is 1. The molecule has 2 fully saturated rings. The zero-order valence-corrected chi connectivity index (χ0v) is 23.7. The van der Waals surface area contributed by atoms with Crippen LogP contribution in [0.5, 0.6) is 5.88 Å². The fourth-order valence-electron chi connectivity index (χ4n) is 5.72. The Hall–Kier alpha value is -3.57. The summed E-state index contributed by atoms with van der Waals surface area (Å²) >= 11 is 0. The zero-order valence-electron chi connectivity index (χ0n) is 23.7. The molecule has 3 heterocycles. The first-order valence-corrected chi connectivity index (χ1v) is 14.6. The average Bonchev–Trinajstić information content (AvgIpc) is 3.31. The standard InChI is InChI=1S/C30H39FN6O4/c1-20(2)33-28(39)30(40)12-10-23(11-13-30)37-25-18-26(41-17-16-36-14-4-3-5-15-36)32-19-24(25)34-29(37)35-27(38)21-6-8-22(31)9-7-21/h6-9,18-20,23,40H,3-5,10-17H2,1-2H3,(H,33,39)(H,34,35,38)/t23-,30+. The lowest BCUT2D eigenvalue weighted by molar-refractivity contribution is -0.144. The van der Waals surface area contributed by atoms with Gasteiger partial charge in [-0.15, -0.1) is 0 Å². The van der Waals surface area contributed by atoms with Crippen LogP contribution in [0.3, 0.4) is 0 Å². The molecule has 0 radical (unpaired) electrons. The summed E-state index contributed by atoms with van der Waals surface area (Å²) in [4.78, 5) is 40.2. The van der Waals surface area contributed by atoms with Gasteiger partial charge in [0.2, 0.25) is 11.5 Å². The van der Waals surface area contributed by atoms with Crippen LogP contribution >= 0.6 is 0 Å².